The third-order valence-electron chi connectivity index (χ3n) is 6.60. The highest BCUT2D eigenvalue weighted by Gasteiger charge is 2.31. The predicted molar refractivity (Wildman–Crippen MR) is 141 cm³/mol. The Morgan fingerprint density at radius 3 is 2.47 bits per heavy atom. The molecule has 1 aliphatic heterocycles. The second-order valence-corrected chi connectivity index (χ2v) is 10.4. The Morgan fingerprint density at radius 2 is 1.89 bits per heavy atom. The molecule has 192 valence electrons. The van der Waals surface area contributed by atoms with Crippen LogP contribution < -0.4 is 20.1 Å². The van der Waals surface area contributed by atoms with Crippen molar-refractivity contribution in [3.05, 3.63) is 52.1 Å². The third kappa shape index (κ3) is 5.03. The fourth-order valence-corrected chi connectivity index (χ4v) is 4.54. The number of amidine groups is 1. The molecular formula is C28H36N4O4. The number of hydrogen-bond donors (Lipinski definition) is 3. The molecule has 4 rings (SSSR count). The van der Waals surface area contributed by atoms with Gasteiger partial charge in [-0.05, 0) is 55.0 Å². The molecule has 2 aromatic rings. The van der Waals surface area contributed by atoms with Crippen molar-refractivity contribution in [3.8, 4) is 11.5 Å². The summed E-state index contributed by atoms with van der Waals surface area (Å²) in [4.78, 5) is 27.7. The first-order valence-electron chi connectivity index (χ1n) is 12.4. The van der Waals surface area contributed by atoms with E-state index in [1.54, 1.807) is 25.1 Å². The highest BCUT2D eigenvalue weighted by Crippen LogP contribution is 2.40. The summed E-state index contributed by atoms with van der Waals surface area (Å²) in [6.45, 7) is 9.07. The number of nitrogens with one attached hydrogen (secondary N) is 3. The number of ether oxygens (including phenoxy) is 2. The molecule has 0 atom stereocenters. The number of amides is 1. The number of carbonyl (C=O) groups excluding carboxylic acids is 2. The number of fused-ring (bicyclic) bond motifs is 1. The highest BCUT2D eigenvalue weighted by atomic mass is 16.5. The molecule has 0 radical (unpaired) electrons. The van der Waals surface area contributed by atoms with Crippen molar-refractivity contribution in [2.75, 3.05) is 32.6 Å². The number of carbonyl (C=O) groups is 2. The minimum atomic E-state index is -0.271. The van der Waals surface area contributed by atoms with E-state index in [4.69, 9.17) is 14.9 Å². The summed E-state index contributed by atoms with van der Waals surface area (Å²) >= 11 is 0. The van der Waals surface area contributed by atoms with Gasteiger partial charge in [-0.3, -0.25) is 15.0 Å². The summed E-state index contributed by atoms with van der Waals surface area (Å²) in [5, 5.41) is 14.9. The van der Waals surface area contributed by atoms with Crippen molar-refractivity contribution in [2.24, 2.45) is 0 Å². The van der Waals surface area contributed by atoms with E-state index < -0.39 is 0 Å². The minimum absolute atomic E-state index is 0.0611. The van der Waals surface area contributed by atoms with E-state index in [9.17, 15) is 9.59 Å². The average Bonchev–Trinajstić information content (AvgIpc) is 3.60. The molecule has 0 saturated heterocycles. The van der Waals surface area contributed by atoms with Gasteiger partial charge in [-0.15, -0.1) is 0 Å². The molecule has 36 heavy (non-hydrogen) atoms. The first kappa shape index (κ1) is 25.5. The third-order valence-corrected chi connectivity index (χ3v) is 6.60. The minimum Gasteiger partial charge on any atom is -0.494 e. The standard InChI is InChI=1S/C28H36N4O4/c1-7-36-24-12-17-14-32(26(29)19(17)13-20(24)27(34)30-5)15-23(33)16-10-21(28(2,3)4)25(35-6)22(11-16)31-18-8-9-18/h10-13,18,29,31H,7-9,14-15H2,1-6H3,(H,30,34). The van der Waals surface area contributed by atoms with Crippen molar-refractivity contribution >= 4 is 23.2 Å². The van der Waals surface area contributed by atoms with Crippen LogP contribution in [0.15, 0.2) is 24.3 Å². The van der Waals surface area contributed by atoms with Crippen molar-refractivity contribution < 1.29 is 19.1 Å². The Bertz CT molecular complexity index is 1210. The van der Waals surface area contributed by atoms with E-state index in [1.165, 1.54) is 0 Å². The van der Waals surface area contributed by atoms with E-state index >= 15 is 0 Å². The van der Waals surface area contributed by atoms with Gasteiger partial charge in [-0.1, -0.05) is 20.8 Å². The lowest BCUT2D eigenvalue weighted by molar-refractivity contribution is 0.0953. The summed E-state index contributed by atoms with van der Waals surface area (Å²) in [6, 6.07) is 7.70. The van der Waals surface area contributed by atoms with Crippen LogP contribution in [0.5, 0.6) is 11.5 Å². The largest absolute Gasteiger partial charge is 0.494 e. The second-order valence-electron chi connectivity index (χ2n) is 10.4. The quantitative estimate of drug-likeness (QED) is 0.450. The zero-order valence-electron chi connectivity index (χ0n) is 22.0. The van der Waals surface area contributed by atoms with Crippen LogP contribution in [0.3, 0.4) is 0 Å². The van der Waals surface area contributed by atoms with Crippen LogP contribution in [-0.2, 0) is 12.0 Å². The summed E-state index contributed by atoms with van der Waals surface area (Å²) in [5.41, 5.74) is 4.08. The molecule has 8 heteroatoms. The van der Waals surface area contributed by atoms with Crippen LogP contribution in [0.1, 0.15) is 77.9 Å². The fraction of sp³-hybridized carbons (Fsp3) is 0.464. The lowest BCUT2D eigenvalue weighted by Crippen LogP contribution is -2.30. The van der Waals surface area contributed by atoms with Crippen LogP contribution in [0.4, 0.5) is 5.69 Å². The van der Waals surface area contributed by atoms with E-state index in [1.807, 2.05) is 25.1 Å². The Morgan fingerprint density at radius 1 is 1.17 bits per heavy atom. The van der Waals surface area contributed by atoms with Crippen molar-refractivity contribution in [1.29, 1.82) is 5.41 Å². The zero-order valence-corrected chi connectivity index (χ0v) is 22.0. The molecule has 0 aromatic heterocycles. The lowest BCUT2D eigenvalue weighted by atomic mass is 9.84. The molecule has 0 unspecified atom stereocenters. The van der Waals surface area contributed by atoms with Gasteiger partial charge in [0, 0.05) is 36.3 Å². The Labute approximate surface area is 212 Å². The van der Waals surface area contributed by atoms with Crippen LogP contribution in [0, 0.1) is 5.41 Å². The SMILES string of the molecule is CCOc1cc2c(cc1C(=O)NC)C(=N)N(CC(=O)c1cc(NC3CC3)c(OC)c(C(C)(C)C)c1)C2. The Kier molecular flexibility index (Phi) is 6.98. The first-order valence-corrected chi connectivity index (χ1v) is 12.4. The summed E-state index contributed by atoms with van der Waals surface area (Å²) in [7, 11) is 3.23. The van der Waals surface area contributed by atoms with E-state index in [0.29, 0.717) is 41.6 Å². The number of benzene rings is 2. The van der Waals surface area contributed by atoms with Crippen molar-refractivity contribution in [3.63, 3.8) is 0 Å². The van der Waals surface area contributed by atoms with Gasteiger partial charge in [0.25, 0.3) is 5.91 Å². The lowest BCUT2D eigenvalue weighted by Gasteiger charge is -2.26. The molecule has 0 spiro atoms. The van der Waals surface area contributed by atoms with Gasteiger partial charge in [0.05, 0.1) is 31.5 Å². The van der Waals surface area contributed by atoms with E-state index in [2.05, 4.69) is 31.4 Å². The van der Waals surface area contributed by atoms with Gasteiger partial charge in [-0.2, -0.15) is 0 Å². The normalized spacial score (nSPS) is 14.9. The molecule has 1 heterocycles. The zero-order chi connectivity index (χ0) is 26.2. The topological polar surface area (TPSA) is 104 Å². The van der Waals surface area contributed by atoms with Gasteiger partial charge in [-0.25, -0.2) is 0 Å². The molecule has 8 nitrogen and oxygen atoms in total. The molecule has 2 aliphatic rings. The first-order chi connectivity index (χ1) is 17.1. The molecule has 0 bridgehead atoms. The molecule has 1 amide bonds. The number of ketones is 1. The number of methoxy groups -OCH3 is 1. The maximum absolute atomic E-state index is 13.5. The molecule has 3 N–H and O–H groups in total. The second kappa shape index (κ2) is 9.84. The van der Waals surface area contributed by atoms with Crippen molar-refractivity contribution in [2.45, 2.75) is 58.5 Å². The van der Waals surface area contributed by atoms with Gasteiger partial charge in [0.15, 0.2) is 5.78 Å². The fourth-order valence-electron chi connectivity index (χ4n) is 4.54. The number of nitrogens with zero attached hydrogens (tertiary/aromatic N) is 1. The van der Waals surface area contributed by atoms with Gasteiger partial charge in [0.1, 0.15) is 17.3 Å². The molecular weight excluding hydrogens is 456 g/mol. The number of anilines is 1. The predicted octanol–water partition coefficient (Wildman–Crippen LogP) is 4.35. The van der Waals surface area contributed by atoms with Crippen LogP contribution in [-0.4, -0.2) is 55.8 Å². The molecule has 2 aromatic carbocycles. The van der Waals surface area contributed by atoms with Crippen molar-refractivity contribution in [1.82, 2.24) is 10.2 Å². The number of hydrogen-bond acceptors (Lipinski definition) is 6. The van der Waals surface area contributed by atoms with Crippen LogP contribution in [0.2, 0.25) is 0 Å². The summed E-state index contributed by atoms with van der Waals surface area (Å²) < 4.78 is 11.5. The van der Waals surface area contributed by atoms with E-state index in [0.717, 1.165) is 35.4 Å². The van der Waals surface area contributed by atoms with Gasteiger partial charge < -0.3 is 25.0 Å². The monoisotopic (exact) mass is 492 g/mol. The smallest absolute Gasteiger partial charge is 0.254 e. The van der Waals surface area contributed by atoms with Gasteiger partial charge >= 0.3 is 0 Å². The summed E-state index contributed by atoms with van der Waals surface area (Å²) in [5.74, 6) is 1.14. The number of Topliss-reactive ketones (excluding diaryl/α,β-unsaturated/α-hetero) is 1. The maximum atomic E-state index is 13.5. The summed E-state index contributed by atoms with van der Waals surface area (Å²) in [6.07, 6.45) is 2.22. The molecule has 1 aliphatic carbocycles. The van der Waals surface area contributed by atoms with Crippen LogP contribution in [0.25, 0.3) is 0 Å². The average molecular weight is 493 g/mol. The molecule has 1 saturated carbocycles. The van der Waals surface area contributed by atoms with Gasteiger partial charge in [0.2, 0.25) is 0 Å². The highest BCUT2D eigenvalue weighted by molar-refractivity contribution is 6.08. The van der Waals surface area contributed by atoms with E-state index in [-0.39, 0.29) is 29.5 Å². The number of rotatable bonds is 9. The Hall–Kier alpha value is -3.55. The van der Waals surface area contributed by atoms with Crippen LogP contribution >= 0.6 is 0 Å². The Balaban J connectivity index is 1.63. The molecule has 1 fully saturated rings. The maximum Gasteiger partial charge on any atom is 0.254 e.